The lowest BCUT2D eigenvalue weighted by molar-refractivity contribution is -0.0498. The van der Waals surface area contributed by atoms with E-state index in [2.05, 4.69) is 9.72 Å². The lowest BCUT2D eigenvalue weighted by Crippen LogP contribution is -2.06. The van der Waals surface area contributed by atoms with Gasteiger partial charge in [0.15, 0.2) is 0 Å². The number of halogens is 2. The normalized spacial score (nSPS) is 10.9. The van der Waals surface area contributed by atoms with Crippen LogP contribution in [0.5, 0.6) is 5.75 Å². The molecule has 0 aliphatic rings. The van der Waals surface area contributed by atoms with Gasteiger partial charge in [-0.2, -0.15) is 8.78 Å². The minimum absolute atomic E-state index is 0.0603. The van der Waals surface area contributed by atoms with Crippen molar-refractivity contribution in [2.24, 2.45) is 0 Å². The van der Waals surface area contributed by atoms with Crippen LogP contribution in [0.1, 0.15) is 17.3 Å². The summed E-state index contributed by atoms with van der Waals surface area (Å²) in [7, 11) is 0. The molecule has 3 aromatic rings. The molecular formula is C19H15F2NO3. The van der Waals surface area contributed by atoms with Gasteiger partial charge in [-0.3, -0.25) is 0 Å². The largest absolute Gasteiger partial charge is 0.462 e. The Morgan fingerprint density at radius 1 is 1.12 bits per heavy atom. The monoisotopic (exact) mass is 343 g/mol. The number of aromatic nitrogens is 1. The van der Waals surface area contributed by atoms with E-state index in [-0.39, 0.29) is 12.4 Å². The molecule has 2 aromatic carbocycles. The van der Waals surface area contributed by atoms with Crippen molar-refractivity contribution in [2.75, 3.05) is 6.61 Å². The zero-order chi connectivity index (χ0) is 17.8. The van der Waals surface area contributed by atoms with Crippen molar-refractivity contribution >= 4 is 16.9 Å². The van der Waals surface area contributed by atoms with Crippen LogP contribution in [0.2, 0.25) is 0 Å². The molecule has 0 bridgehead atoms. The van der Waals surface area contributed by atoms with Crippen LogP contribution in [0.3, 0.4) is 0 Å². The molecule has 1 aromatic heterocycles. The molecule has 4 nitrogen and oxygen atoms in total. The van der Waals surface area contributed by atoms with Gasteiger partial charge >= 0.3 is 12.6 Å². The highest BCUT2D eigenvalue weighted by Gasteiger charge is 2.15. The number of nitrogens with zero attached hydrogens (tertiary/aromatic N) is 1. The Kier molecular flexibility index (Phi) is 4.88. The SMILES string of the molecule is CCOC(=O)c1cc(-c2ccc(OC(F)F)cc2)nc2ccccc12. The van der Waals surface area contributed by atoms with E-state index in [0.717, 1.165) is 0 Å². The number of rotatable bonds is 5. The van der Waals surface area contributed by atoms with Gasteiger partial charge in [0.1, 0.15) is 5.75 Å². The van der Waals surface area contributed by atoms with E-state index in [0.29, 0.717) is 27.7 Å². The molecule has 0 N–H and O–H groups in total. The summed E-state index contributed by atoms with van der Waals surface area (Å²) in [5.41, 5.74) is 2.29. The lowest BCUT2D eigenvalue weighted by Gasteiger charge is -2.10. The molecule has 0 radical (unpaired) electrons. The Morgan fingerprint density at radius 2 is 1.84 bits per heavy atom. The average Bonchev–Trinajstić information content (AvgIpc) is 2.61. The van der Waals surface area contributed by atoms with Crippen molar-refractivity contribution in [1.29, 1.82) is 0 Å². The molecule has 6 heteroatoms. The molecule has 0 amide bonds. The minimum atomic E-state index is -2.87. The molecule has 25 heavy (non-hydrogen) atoms. The van der Waals surface area contributed by atoms with Crippen molar-refractivity contribution in [3.05, 3.63) is 60.2 Å². The summed E-state index contributed by atoms with van der Waals surface area (Å²) >= 11 is 0. The van der Waals surface area contributed by atoms with Gasteiger partial charge in [0.25, 0.3) is 0 Å². The number of carbonyl (C=O) groups is 1. The molecular weight excluding hydrogens is 328 g/mol. The molecule has 128 valence electrons. The van der Waals surface area contributed by atoms with Crippen LogP contribution in [0.25, 0.3) is 22.2 Å². The van der Waals surface area contributed by atoms with Crippen molar-refractivity contribution in [2.45, 2.75) is 13.5 Å². The highest BCUT2D eigenvalue weighted by Crippen LogP contribution is 2.27. The maximum atomic E-state index is 12.3. The van der Waals surface area contributed by atoms with Crippen LogP contribution in [0.4, 0.5) is 8.78 Å². The molecule has 3 rings (SSSR count). The third-order valence-electron chi connectivity index (χ3n) is 3.59. The number of fused-ring (bicyclic) bond motifs is 1. The molecule has 0 aliphatic heterocycles. The molecule has 1 heterocycles. The molecule has 0 saturated heterocycles. The zero-order valence-corrected chi connectivity index (χ0v) is 13.4. The van der Waals surface area contributed by atoms with Gasteiger partial charge in [-0.25, -0.2) is 9.78 Å². The fourth-order valence-corrected chi connectivity index (χ4v) is 2.51. The molecule has 0 aliphatic carbocycles. The average molecular weight is 343 g/mol. The summed E-state index contributed by atoms with van der Waals surface area (Å²) in [5, 5.41) is 0.697. The maximum absolute atomic E-state index is 12.3. The predicted molar refractivity (Wildman–Crippen MR) is 89.8 cm³/mol. The first kappa shape index (κ1) is 16.8. The number of carbonyl (C=O) groups excluding carboxylic acids is 1. The zero-order valence-electron chi connectivity index (χ0n) is 13.4. The van der Waals surface area contributed by atoms with Crippen LogP contribution in [0, 0.1) is 0 Å². The number of ether oxygens (including phenoxy) is 2. The first-order valence-corrected chi connectivity index (χ1v) is 7.70. The fourth-order valence-electron chi connectivity index (χ4n) is 2.51. The molecule has 0 fully saturated rings. The van der Waals surface area contributed by atoms with E-state index in [4.69, 9.17) is 4.74 Å². The predicted octanol–water partition coefficient (Wildman–Crippen LogP) is 4.68. The molecule has 0 atom stereocenters. The fraction of sp³-hybridized carbons (Fsp3) is 0.158. The van der Waals surface area contributed by atoms with E-state index in [1.54, 1.807) is 37.3 Å². The van der Waals surface area contributed by atoms with Crippen LogP contribution in [0.15, 0.2) is 54.6 Å². The summed E-state index contributed by atoms with van der Waals surface area (Å²) in [4.78, 5) is 16.8. The standard InChI is InChI=1S/C19H15F2NO3/c1-2-24-18(23)15-11-17(22-16-6-4-3-5-14(15)16)12-7-9-13(10-8-12)25-19(20)21/h3-11,19H,2H2,1H3. The van der Waals surface area contributed by atoms with Crippen molar-refractivity contribution in [1.82, 2.24) is 4.98 Å². The molecule has 0 unspecified atom stereocenters. The Hall–Kier alpha value is -3.02. The second-order valence-electron chi connectivity index (χ2n) is 5.20. The van der Waals surface area contributed by atoms with Crippen molar-refractivity contribution < 1.29 is 23.0 Å². The first-order chi connectivity index (χ1) is 12.1. The molecule has 0 spiro atoms. The lowest BCUT2D eigenvalue weighted by atomic mass is 10.0. The Balaban J connectivity index is 2.05. The second-order valence-corrected chi connectivity index (χ2v) is 5.20. The van der Waals surface area contributed by atoms with Gasteiger partial charge < -0.3 is 9.47 Å². The summed E-state index contributed by atoms with van der Waals surface area (Å²) in [6, 6.07) is 15.0. The number of hydrogen-bond donors (Lipinski definition) is 0. The van der Waals surface area contributed by atoms with Gasteiger partial charge in [0.05, 0.1) is 23.4 Å². The van der Waals surface area contributed by atoms with Crippen molar-refractivity contribution in [3.8, 4) is 17.0 Å². The number of para-hydroxylation sites is 1. The van der Waals surface area contributed by atoms with E-state index < -0.39 is 12.6 Å². The van der Waals surface area contributed by atoms with Crippen LogP contribution < -0.4 is 4.74 Å². The topological polar surface area (TPSA) is 48.4 Å². The van der Waals surface area contributed by atoms with E-state index in [1.807, 2.05) is 12.1 Å². The quantitative estimate of drug-likeness (QED) is 0.631. The van der Waals surface area contributed by atoms with Gasteiger partial charge in [-0.05, 0) is 43.3 Å². The number of pyridine rings is 1. The second kappa shape index (κ2) is 7.25. The Bertz CT molecular complexity index is 895. The minimum Gasteiger partial charge on any atom is -0.462 e. The van der Waals surface area contributed by atoms with E-state index in [9.17, 15) is 13.6 Å². The summed E-state index contributed by atoms with van der Waals surface area (Å²) in [6.45, 7) is -0.867. The van der Waals surface area contributed by atoms with Crippen LogP contribution in [-0.4, -0.2) is 24.2 Å². The van der Waals surface area contributed by atoms with Gasteiger partial charge in [-0.1, -0.05) is 18.2 Å². The van der Waals surface area contributed by atoms with Gasteiger partial charge in [-0.15, -0.1) is 0 Å². The highest BCUT2D eigenvalue weighted by atomic mass is 19.3. The number of esters is 1. The number of alkyl halides is 2. The number of benzene rings is 2. The summed E-state index contributed by atoms with van der Waals surface area (Å²) in [5.74, 6) is -0.370. The van der Waals surface area contributed by atoms with E-state index >= 15 is 0 Å². The third kappa shape index (κ3) is 3.74. The summed E-state index contributed by atoms with van der Waals surface area (Å²) < 4.78 is 34.0. The van der Waals surface area contributed by atoms with Gasteiger partial charge in [0.2, 0.25) is 0 Å². The van der Waals surface area contributed by atoms with Crippen LogP contribution in [-0.2, 0) is 4.74 Å². The van der Waals surface area contributed by atoms with Gasteiger partial charge in [0, 0.05) is 10.9 Å². The van der Waals surface area contributed by atoms with Crippen LogP contribution >= 0.6 is 0 Å². The van der Waals surface area contributed by atoms with E-state index in [1.165, 1.54) is 12.1 Å². The maximum Gasteiger partial charge on any atom is 0.387 e. The smallest absolute Gasteiger partial charge is 0.387 e. The number of hydrogen-bond acceptors (Lipinski definition) is 4. The Labute approximate surface area is 143 Å². The first-order valence-electron chi connectivity index (χ1n) is 7.70. The highest BCUT2D eigenvalue weighted by molar-refractivity contribution is 6.04. The molecule has 0 saturated carbocycles. The summed E-state index contributed by atoms with van der Waals surface area (Å²) in [6.07, 6.45) is 0. The third-order valence-corrected chi connectivity index (χ3v) is 3.59. The van der Waals surface area contributed by atoms with Crippen molar-refractivity contribution in [3.63, 3.8) is 0 Å². The Morgan fingerprint density at radius 3 is 2.52 bits per heavy atom.